The van der Waals surface area contributed by atoms with Crippen LogP contribution in [-0.2, 0) is 4.79 Å². The van der Waals surface area contributed by atoms with Crippen molar-refractivity contribution in [2.24, 2.45) is 11.3 Å². The van der Waals surface area contributed by atoms with Gasteiger partial charge in [0, 0.05) is 11.4 Å². The summed E-state index contributed by atoms with van der Waals surface area (Å²) >= 11 is 0. The summed E-state index contributed by atoms with van der Waals surface area (Å²) in [5.41, 5.74) is 2.87. The second kappa shape index (κ2) is 8.94. The molecule has 0 spiro atoms. The first-order valence-corrected chi connectivity index (χ1v) is 11.6. The molecule has 6 nitrogen and oxygen atoms in total. The van der Waals surface area contributed by atoms with Crippen LogP contribution in [0.5, 0.6) is 0 Å². The minimum absolute atomic E-state index is 0.338. The molecule has 1 unspecified atom stereocenters. The molecule has 170 valence electrons. The van der Waals surface area contributed by atoms with Crippen molar-refractivity contribution >= 4 is 34.3 Å². The van der Waals surface area contributed by atoms with E-state index in [4.69, 9.17) is 0 Å². The van der Waals surface area contributed by atoms with E-state index in [2.05, 4.69) is 41.4 Å². The topological polar surface area (TPSA) is 90.0 Å². The summed E-state index contributed by atoms with van der Waals surface area (Å²) < 4.78 is 0. The van der Waals surface area contributed by atoms with Crippen LogP contribution >= 0.6 is 0 Å². The van der Waals surface area contributed by atoms with Crippen LogP contribution in [0, 0.1) is 11.3 Å². The van der Waals surface area contributed by atoms with Crippen LogP contribution in [0.1, 0.15) is 59.3 Å². The summed E-state index contributed by atoms with van der Waals surface area (Å²) in [6.45, 7) is 7.16. The SMILES string of the molecule is CC1CCCC(C)(C)C1.O=C(Nc1ccc(Nc2nc3ccccc3[nH]2)cc1)C1(O)CC1. The molecule has 1 heterocycles. The predicted octanol–water partition coefficient (Wildman–Crippen LogP) is 5.99. The van der Waals surface area contributed by atoms with Crippen LogP contribution in [0.3, 0.4) is 0 Å². The quantitative estimate of drug-likeness (QED) is 0.406. The van der Waals surface area contributed by atoms with Crippen molar-refractivity contribution in [3.05, 3.63) is 48.5 Å². The Bertz CT molecular complexity index is 1030. The minimum Gasteiger partial charge on any atom is -0.380 e. The molecular formula is C26H34N4O2. The van der Waals surface area contributed by atoms with Gasteiger partial charge in [0.25, 0.3) is 5.91 Å². The number of nitrogens with one attached hydrogen (secondary N) is 3. The second-order valence-electron chi connectivity index (χ2n) is 10.2. The number of anilines is 3. The summed E-state index contributed by atoms with van der Waals surface area (Å²) in [6, 6.07) is 15.1. The lowest BCUT2D eigenvalue weighted by Crippen LogP contribution is -2.29. The number of carbonyl (C=O) groups is 1. The monoisotopic (exact) mass is 434 g/mol. The maximum absolute atomic E-state index is 11.8. The summed E-state index contributed by atoms with van der Waals surface area (Å²) in [4.78, 5) is 19.4. The summed E-state index contributed by atoms with van der Waals surface area (Å²) in [7, 11) is 0. The number of benzene rings is 2. The minimum atomic E-state index is -1.16. The number of fused-ring (bicyclic) bond motifs is 1. The number of H-pyrrole nitrogens is 1. The van der Waals surface area contributed by atoms with E-state index in [0.29, 0.717) is 29.9 Å². The largest absolute Gasteiger partial charge is 0.380 e. The zero-order valence-electron chi connectivity index (χ0n) is 19.2. The Hall–Kier alpha value is -2.86. The molecule has 2 aromatic carbocycles. The number of hydrogen-bond donors (Lipinski definition) is 4. The Balaban J connectivity index is 0.000000230. The van der Waals surface area contributed by atoms with Gasteiger partial charge in [-0.05, 0) is 73.4 Å². The molecule has 2 aliphatic rings. The number of aliphatic hydroxyl groups is 1. The molecule has 1 atom stereocenters. The highest BCUT2D eigenvalue weighted by Crippen LogP contribution is 2.38. The molecule has 0 radical (unpaired) electrons. The Morgan fingerprint density at radius 3 is 2.34 bits per heavy atom. The third-order valence-corrected chi connectivity index (χ3v) is 6.39. The highest BCUT2D eigenvalue weighted by atomic mass is 16.3. The van der Waals surface area contributed by atoms with Crippen molar-refractivity contribution in [1.29, 1.82) is 0 Å². The van der Waals surface area contributed by atoms with Crippen molar-refractivity contribution < 1.29 is 9.90 Å². The second-order valence-corrected chi connectivity index (χ2v) is 10.2. The lowest BCUT2D eigenvalue weighted by molar-refractivity contribution is -0.125. The van der Waals surface area contributed by atoms with Crippen molar-refractivity contribution in [3.63, 3.8) is 0 Å². The molecule has 1 amide bonds. The molecule has 0 aliphatic heterocycles. The molecule has 0 bridgehead atoms. The zero-order valence-corrected chi connectivity index (χ0v) is 19.2. The van der Waals surface area contributed by atoms with Gasteiger partial charge in [-0.15, -0.1) is 0 Å². The molecule has 2 saturated carbocycles. The van der Waals surface area contributed by atoms with Crippen molar-refractivity contribution in [2.45, 2.75) is 64.9 Å². The molecule has 3 aromatic rings. The molecule has 5 rings (SSSR count). The Morgan fingerprint density at radius 2 is 1.75 bits per heavy atom. The average molecular weight is 435 g/mol. The number of hydrogen-bond acceptors (Lipinski definition) is 4. The van der Waals surface area contributed by atoms with Crippen molar-refractivity contribution in [1.82, 2.24) is 9.97 Å². The number of para-hydroxylation sites is 2. The van der Waals surface area contributed by atoms with Crippen LogP contribution in [0.15, 0.2) is 48.5 Å². The number of aromatic amines is 1. The van der Waals surface area contributed by atoms with E-state index in [1.54, 1.807) is 12.1 Å². The van der Waals surface area contributed by atoms with Gasteiger partial charge < -0.3 is 20.7 Å². The Kier molecular flexibility index (Phi) is 6.24. The molecule has 1 aromatic heterocycles. The standard InChI is InChI=1S/C17H16N4O2.C9H18/c22-15(17(23)9-10-17)18-11-5-7-12(8-6-11)19-16-20-13-3-1-2-4-14(13)21-16;1-8-5-4-6-9(2,3)7-8/h1-8,23H,9-10H2,(H,18,22)(H2,19,20,21);8H,4-7H2,1-3H3. The van der Waals surface area contributed by atoms with E-state index in [1.165, 1.54) is 25.7 Å². The number of aromatic nitrogens is 2. The number of carbonyl (C=O) groups excluding carboxylic acids is 1. The maximum Gasteiger partial charge on any atom is 0.256 e. The highest BCUT2D eigenvalue weighted by molar-refractivity contribution is 5.99. The zero-order chi connectivity index (χ0) is 22.8. The van der Waals surface area contributed by atoms with E-state index >= 15 is 0 Å². The molecule has 6 heteroatoms. The van der Waals surface area contributed by atoms with Gasteiger partial charge in [0.2, 0.25) is 5.95 Å². The first kappa shape index (κ1) is 22.3. The van der Waals surface area contributed by atoms with E-state index in [-0.39, 0.29) is 5.91 Å². The van der Waals surface area contributed by atoms with Crippen LogP contribution in [0.25, 0.3) is 11.0 Å². The highest BCUT2D eigenvalue weighted by Gasteiger charge is 2.48. The lowest BCUT2D eigenvalue weighted by Gasteiger charge is -2.33. The van der Waals surface area contributed by atoms with Crippen LogP contribution < -0.4 is 10.6 Å². The summed E-state index contributed by atoms with van der Waals surface area (Å²) in [5.74, 6) is 1.31. The van der Waals surface area contributed by atoms with E-state index in [1.807, 2.05) is 36.4 Å². The molecule has 4 N–H and O–H groups in total. The normalized spacial score (nSPS) is 20.7. The molecule has 32 heavy (non-hydrogen) atoms. The Morgan fingerprint density at radius 1 is 1.06 bits per heavy atom. The fraction of sp³-hybridized carbons (Fsp3) is 0.462. The van der Waals surface area contributed by atoms with Gasteiger partial charge in [-0.1, -0.05) is 45.7 Å². The summed E-state index contributed by atoms with van der Waals surface area (Å²) in [6.07, 6.45) is 6.86. The molecule has 2 fully saturated rings. The lowest BCUT2D eigenvalue weighted by atomic mass is 9.73. The maximum atomic E-state index is 11.8. The number of nitrogens with zero attached hydrogens (tertiary/aromatic N) is 1. The van der Waals surface area contributed by atoms with Crippen molar-refractivity contribution in [3.8, 4) is 0 Å². The van der Waals surface area contributed by atoms with Gasteiger partial charge in [-0.3, -0.25) is 4.79 Å². The van der Waals surface area contributed by atoms with E-state index < -0.39 is 5.60 Å². The van der Waals surface area contributed by atoms with Gasteiger partial charge in [-0.25, -0.2) is 4.98 Å². The number of imidazole rings is 1. The average Bonchev–Trinajstić information content (AvgIpc) is 3.36. The van der Waals surface area contributed by atoms with Gasteiger partial charge in [0.1, 0.15) is 5.60 Å². The smallest absolute Gasteiger partial charge is 0.256 e. The van der Waals surface area contributed by atoms with Gasteiger partial charge >= 0.3 is 0 Å². The van der Waals surface area contributed by atoms with Gasteiger partial charge in [0.15, 0.2) is 0 Å². The third kappa shape index (κ3) is 5.68. The molecule has 0 saturated heterocycles. The van der Waals surface area contributed by atoms with Crippen LogP contribution in [-0.4, -0.2) is 26.6 Å². The van der Waals surface area contributed by atoms with E-state index in [0.717, 1.165) is 22.6 Å². The first-order chi connectivity index (χ1) is 15.2. The van der Waals surface area contributed by atoms with Crippen LogP contribution in [0.2, 0.25) is 0 Å². The predicted molar refractivity (Wildman–Crippen MR) is 130 cm³/mol. The van der Waals surface area contributed by atoms with E-state index in [9.17, 15) is 9.90 Å². The fourth-order valence-electron chi connectivity index (χ4n) is 4.46. The van der Waals surface area contributed by atoms with Crippen LogP contribution in [0.4, 0.5) is 17.3 Å². The third-order valence-electron chi connectivity index (χ3n) is 6.39. The number of rotatable bonds is 4. The van der Waals surface area contributed by atoms with Crippen molar-refractivity contribution in [2.75, 3.05) is 10.6 Å². The fourth-order valence-corrected chi connectivity index (χ4v) is 4.46. The van der Waals surface area contributed by atoms with Gasteiger partial charge in [-0.2, -0.15) is 0 Å². The first-order valence-electron chi connectivity index (χ1n) is 11.6. The Labute approximate surface area is 189 Å². The molecule has 2 aliphatic carbocycles. The summed E-state index contributed by atoms with van der Waals surface area (Å²) in [5, 5.41) is 15.6. The number of amides is 1. The van der Waals surface area contributed by atoms with Gasteiger partial charge in [0.05, 0.1) is 11.0 Å². The molecular weight excluding hydrogens is 400 g/mol.